The number of hydrogen-bond donors (Lipinski definition) is 2. The summed E-state index contributed by atoms with van der Waals surface area (Å²) in [6.45, 7) is 3.38. The van der Waals surface area contributed by atoms with Gasteiger partial charge >= 0.3 is 0 Å². The van der Waals surface area contributed by atoms with Crippen LogP contribution < -0.4 is 10.6 Å². The van der Waals surface area contributed by atoms with Crippen molar-refractivity contribution in [1.29, 1.82) is 0 Å². The first kappa shape index (κ1) is 10.6. The van der Waals surface area contributed by atoms with Gasteiger partial charge in [-0.05, 0) is 44.5 Å². The molecule has 1 fully saturated rings. The molecule has 0 radical (unpaired) electrons. The van der Waals surface area contributed by atoms with Gasteiger partial charge in [0, 0.05) is 19.3 Å². The second kappa shape index (κ2) is 5.28. The lowest BCUT2D eigenvalue weighted by Gasteiger charge is -2.23. The molecule has 0 amide bonds. The Morgan fingerprint density at radius 3 is 3.00 bits per heavy atom. The number of hydrogen-bond acceptors (Lipinski definition) is 3. The Hall–Kier alpha value is -0.870. The standard InChI is InChI=1S/C11H20N4/c1-15-9-10(8-14-15)2-7-13-11-3-5-12-6-4-11/h8-9,11-13H,2-7H2,1H3. The number of nitrogens with zero attached hydrogens (tertiary/aromatic N) is 2. The zero-order valence-electron chi connectivity index (χ0n) is 9.37. The van der Waals surface area contributed by atoms with Crippen molar-refractivity contribution in [2.24, 2.45) is 7.05 Å². The maximum atomic E-state index is 4.16. The van der Waals surface area contributed by atoms with Crippen molar-refractivity contribution >= 4 is 0 Å². The van der Waals surface area contributed by atoms with Gasteiger partial charge in [-0.1, -0.05) is 0 Å². The highest BCUT2D eigenvalue weighted by Gasteiger charge is 2.11. The van der Waals surface area contributed by atoms with Gasteiger partial charge in [0.05, 0.1) is 6.20 Å². The quantitative estimate of drug-likeness (QED) is 0.748. The van der Waals surface area contributed by atoms with E-state index in [1.54, 1.807) is 0 Å². The number of aryl methyl sites for hydroxylation is 1. The van der Waals surface area contributed by atoms with Crippen LogP contribution in [0.2, 0.25) is 0 Å². The molecule has 1 aliphatic rings. The fourth-order valence-corrected chi connectivity index (χ4v) is 2.05. The summed E-state index contributed by atoms with van der Waals surface area (Å²) in [5.74, 6) is 0. The number of nitrogens with one attached hydrogen (secondary N) is 2. The minimum atomic E-state index is 0.711. The summed E-state index contributed by atoms with van der Waals surface area (Å²) in [7, 11) is 1.96. The Morgan fingerprint density at radius 2 is 2.33 bits per heavy atom. The van der Waals surface area contributed by atoms with Crippen molar-refractivity contribution in [3.05, 3.63) is 18.0 Å². The van der Waals surface area contributed by atoms with Crippen LogP contribution >= 0.6 is 0 Å². The van der Waals surface area contributed by atoms with Crippen molar-refractivity contribution in [3.63, 3.8) is 0 Å². The fraction of sp³-hybridized carbons (Fsp3) is 0.727. The Kier molecular flexibility index (Phi) is 3.75. The van der Waals surface area contributed by atoms with Gasteiger partial charge in [-0.15, -0.1) is 0 Å². The van der Waals surface area contributed by atoms with E-state index < -0.39 is 0 Å². The van der Waals surface area contributed by atoms with Gasteiger partial charge in [-0.2, -0.15) is 5.10 Å². The molecule has 0 atom stereocenters. The third-order valence-electron chi connectivity index (χ3n) is 2.94. The normalized spacial score (nSPS) is 18.2. The topological polar surface area (TPSA) is 41.9 Å². The molecule has 0 saturated carbocycles. The smallest absolute Gasteiger partial charge is 0.0522 e. The Morgan fingerprint density at radius 1 is 1.53 bits per heavy atom. The van der Waals surface area contributed by atoms with Crippen LogP contribution in [0.25, 0.3) is 0 Å². The molecule has 0 unspecified atom stereocenters. The molecule has 4 nitrogen and oxygen atoms in total. The van der Waals surface area contributed by atoms with Crippen molar-refractivity contribution in [1.82, 2.24) is 20.4 Å². The molecule has 84 valence electrons. The maximum Gasteiger partial charge on any atom is 0.0522 e. The van der Waals surface area contributed by atoms with Gasteiger partial charge in [0.25, 0.3) is 0 Å². The minimum absolute atomic E-state index is 0.711. The highest BCUT2D eigenvalue weighted by molar-refractivity contribution is 5.03. The summed E-state index contributed by atoms with van der Waals surface area (Å²) < 4.78 is 1.86. The molecule has 2 heterocycles. The predicted molar refractivity (Wildman–Crippen MR) is 60.8 cm³/mol. The largest absolute Gasteiger partial charge is 0.317 e. The van der Waals surface area contributed by atoms with Crippen LogP contribution in [-0.2, 0) is 13.5 Å². The summed E-state index contributed by atoms with van der Waals surface area (Å²) >= 11 is 0. The Balaban J connectivity index is 1.65. The monoisotopic (exact) mass is 208 g/mol. The molecule has 1 saturated heterocycles. The second-order valence-electron chi connectivity index (χ2n) is 4.25. The molecule has 15 heavy (non-hydrogen) atoms. The van der Waals surface area contributed by atoms with Gasteiger partial charge < -0.3 is 10.6 Å². The Bertz CT molecular complexity index is 289. The summed E-state index contributed by atoms with van der Waals surface area (Å²) in [6, 6.07) is 0.711. The van der Waals surface area contributed by atoms with E-state index in [9.17, 15) is 0 Å². The molecule has 2 N–H and O–H groups in total. The van der Waals surface area contributed by atoms with Crippen LogP contribution in [0.15, 0.2) is 12.4 Å². The zero-order chi connectivity index (χ0) is 10.5. The predicted octanol–water partition coefficient (Wildman–Crippen LogP) is 0.304. The van der Waals surface area contributed by atoms with E-state index in [1.165, 1.54) is 18.4 Å². The zero-order valence-corrected chi connectivity index (χ0v) is 9.37. The molecular weight excluding hydrogens is 188 g/mol. The molecule has 1 aromatic heterocycles. The lowest BCUT2D eigenvalue weighted by atomic mass is 10.1. The summed E-state index contributed by atoms with van der Waals surface area (Å²) in [4.78, 5) is 0. The SMILES string of the molecule is Cn1cc(CCNC2CCNCC2)cn1. The second-order valence-corrected chi connectivity index (χ2v) is 4.25. The van der Waals surface area contributed by atoms with E-state index in [0.29, 0.717) is 6.04 Å². The van der Waals surface area contributed by atoms with Crippen molar-refractivity contribution in [2.75, 3.05) is 19.6 Å². The van der Waals surface area contributed by atoms with Crippen molar-refractivity contribution < 1.29 is 0 Å². The van der Waals surface area contributed by atoms with E-state index in [2.05, 4.69) is 21.9 Å². The van der Waals surface area contributed by atoms with Crippen LogP contribution in [0, 0.1) is 0 Å². The third kappa shape index (κ3) is 3.32. The highest BCUT2D eigenvalue weighted by Crippen LogP contribution is 2.02. The van der Waals surface area contributed by atoms with E-state index in [1.807, 2.05) is 17.9 Å². The summed E-state index contributed by atoms with van der Waals surface area (Å²) in [5.41, 5.74) is 1.32. The molecule has 0 spiro atoms. The van der Waals surface area contributed by atoms with Crippen LogP contribution in [0.1, 0.15) is 18.4 Å². The van der Waals surface area contributed by atoms with Crippen LogP contribution in [0.5, 0.6) is 0 Å². The molecule has 2 rings (SSSR count). The lowest BCUT2D eigenvalue weighted by Crippen LogP contribution is -2.40. The number of rotatable bonds is 4. The van der Waals surface area contributed by atoms with Gasteiger partial charge in [0.2, 0.25) is 0 Å². The molecular formula is C11H20N4. The first-order valence-electron chi connectivity index (χ1n) is 5.76. The molecule has 0 bridgehead atoms. The first-order chi connectivity index (χ1) is 7.34. The molecule has 0 aliphatic carbocycles. The molecule has 4 heteroatoms. The average Bonchev–Trinajstić information content (AvgIpc) is 2.66. The average molecular weight is 208 g/mol. The van der Waals surface area contributed by atoms with Crippen LogP contribution in [0.4, 0.5) is 0 Å². The van der Waals surface area contributed by atoms with Crippen molar-refractivity contribution in [3.8, 4) is 0 Å². The summed E-state index contributed by atoms with van der Waals surface area (Å²) in [6.07, 6.45) is 7.63. The maximum absolute atomic E-state index is 4.16. The highest BCUT2D eigenvalue weighted by atomic mass is 15.2. The Labute approximate surface area is 91.1 Å². The number of aromatic nitrogens is 2. The van der Waals surface area contributed by atoms with E-state index in [0.717, 1.165) is 26.1 Å². The van der Waals surface area contributed by atoms with Gasteiger partial charge in [-0.3, -0.25) is 4.68 Å². The molecule has 1 aromatic rings. The fourth-order valence-electron chi connectivity index (χ4n) is 2.05. The molecule has 0 aromatic carbocycles. The van der Waals surface area contributed by atoms with Crippen molar-refractivity contribution in [2.45, 2.75) is 25.3 Å². The van der Waals surface area contributed by atoms with Gasteiger partial charge in [-0.25, -0.2) is 0 Å². The van der Waals surface area contributed by atoms with Gasteiger partial charge in [0.1, 0.15) is 0 Å². The van der Waals surface area contributed by atoms with E-state index in [-0.39, 0.29) is 0 Å². The van der Waals surface area contributed by atoms with Gasteiger partial charge in [0.15, 0.2) is 0 Å². The third-order valence-corrected chi connectivity index (χ3v) is 2.94. The van der Waals surface area contributed by atoms with Crippen LogP contribution in [0.3, 0.4) is 0 Å². The molecule has 1 aliphatic heterocycles. The summed E-state index contributed by atoms with van der Waals surface area (Å²) in [5, 5.41) is 11.1. The first-order valence-corrected chi connectivity index (χ1v) is 5.76. The van der Waals surface area contributed by atoms with E-state index in [4.69, 9.17) is 0 Å². The lowest BCUT2D eigenvalue weighted by molar-refractivity contribution is 0.389. The number of piperidine rings is 1. The minimum Gasteiger partial charge on any atom is -0.317 e. The van der Waals surface area contributed by atoms with E-state index >= 15 is 0 Å². The van der Waals surface area contributed by atoms with Crippen LogP contribution in [-0.4, -0.2) is 35.5 Å².